The highest BCUT2D eigenvalue weighted by atomic mass is 31.0. The van der Waals surface area contributed by atoms with Crippen molar-refractivity contribution in [2.45, 2.75) is 26.7 Å². The zero-order valence-corrected chi connectivity index (χ0v) is 13.6. The zero-order chi connectivity index (χ0) is 14.6. The van der Waals surface area contributed by atoms with Crippen LogP contribution >= 0.6 is 9.39 Å². The van der Waals surface area contributed by atoms with E-state index in [4.69, 9.17) is 9.47 Å². The van der Waals surface area contributed by atoms with Crippen LogP contribution in [0.4, 0.5) is 5.69 Å². The maximum Gasteiger partial charge on any atom is 0.231 e. The highest BCUT2D eigenvalue weighted by molar-refractivity contribution is 7.19. The van der Waals surface area contributed by atoms with Crippen LogP contribution in [-0.2, 0) is 0 Å². The summed E-state index contributed by atoms with van der Waals surface area (Å²) in [5, 5.41) is 2.45. The summed E-state index contributed by atoms with van der Waals surface area (Å²) in [4.78, 5) is 0. The van der Waals surface area contributed by atoms with E-state index in [0.29, 0.717) is 6.79 Å². The lowest BCUT2D eigenvalue weighted by molar-refractivity contribution is 0.175. The third-order valence-electron chi connectivity index (χ3n) is 4.54. The lowest BCUT2D eigenvalue weighted by Crippen LogP contribution is -2.14. The molecule has 0 N–H and O–H groups in total. The van der Waals surface area contributed by atoms with E-state index >= 15 is 0 Å². The smallest absolute Gasteiger partial charge is 0.231 e. The van der Waals surface area contributed by atoms with Crippen LogP contribution in [0.1, 0.15) is 24.0 Å². The molecule has 110 valence electrons. The van der Waals surface area contributed by atoms with Crippen molar-refractivity contribution in [3.63, 3.8) is 0 Å². The van der Waals surface area contributed by atoms with Crippen molar-refractivity contribution in [3.8, 4) is 11.5 Å². The molecule has 1 fully saturated rings. The fourth-order valence-corrected chi connectivity index (χ4v) is 3.73. The number of fused-ring (bicyclic) bond motifs is 3. The Morgan fingerprint density at radius 2 is 2.05 bits per heavy atom. The SMILES string of the molecule is Cc1cc(N(P)CC2CC2)c(C)c2c3c(ccc12)OCO3. The number of hydrogen-bond donors (Lipinski definition) is 0. The van der Waals surface area contributed by atoms with Gasteiger partial charge in [0.25, 0.3) is 0 Å². The molecule has 0 spiro atoms. The largest absolute Gasteiger partial charge is 0.454 e. The van der Waals surface area contributed by atoms with Crippen LogP contribution in [-0.4, -0.2) is 13.3 Å². The maximum absolute atomic E-state index is 5.73. The minimum Gasteiger partial charge on any atom is -0.454 e. The van der Waals surface area contributed by atoms with Crippen molar-refractivity contribution in [2.75, 3.05) is 18.0 Å². The molecule has 4 heteroatoms. The van der Waals surface area contributed by atoms with Gasteiger partial charge in [0.15, 0.2) is 11.5 Å². The maximum atomic E-state index is 5.73. The number of nitrogens with zero attached hydrogens (tertiary/aromatic N) is 1. The Morgan fingerprint density at radius 3 is 2.81 bits per heavy atom. The number of anilines is 1. The summed E-state index contributed by atoms with van der Waals surface area (Å²) in [6.07, 6.45) is 2.73. The molecule has 4 rings (SSSR count). The van der Waals surface area contributed by atoms with Gasteiger partial charge < -0.3 is 14.1 Å². The summed E-state index contributed by atoms with van der Waals surface area (Å²) in [5.41, 5.74) is 3.83. The van der Waals surface area contributed by atoms with E-state index in [1.807, 2.05) is 6.07 Å². The van der Waals surface area contributed by atoms with Gasteiger partial charge in [-0.2, -0.15) is 0 Å². The number of rotatable bonds is 3. The Bertz CT molecular complexity index is 725. The molecule has 0 radical (unpaired) electrons. The Balaban J connectivity index is 1.90. The van der Waals surface area contributed by atoms with Crippen LogP contribution in [0.2, 0.25) is 0 Å². The van der Waals surface area contributed by atoms with Gasteiger partial charge in [-0.3, -0.25) is 0 Å². The van der Waals surface area contributed by atoms with Gasteiger partial charge in [-0.15, -0.1) is 0 Å². The predicted octanol–water partition coefficient (Wildman–Crippen LogP) is 4.19. The molecule has 2 aromatic carbocycles. The van der Waals surface area contributed by atoms with Crippen molar-refractivity contribution in [2.24, 2.45) is 5.92 Å². The number of ether oxygens (including phenoxy) is 2. The second-order valence-electron chi connectivity index (χ2n) is 6.16. The molecule has 3 nitrogen and oxygen atoms in total. The fourth-order valence-electron chi connectivity index (χ4n) is 3.17. The number of hydrogen-bond acceptors (Lipinski definition) is 3. The molecule has 0 bridgehead atoms. The second-order valence-corrected chi connectivity index (χ2v) is 6.78. The van der Waals surface area contributed by atoms with Crippen molar-refractivity contribution in [1.82, 2.24) is 0 Å². The molecule has 1 heterocycles. The number of benzene rings is 2. The van der Waals surface area contributed by atoms with E-state index in [1.54, 1.807) is 0 Å². The third-order valence-corrected chi connectivity index (χ3v) is 5.03. The Morgan fingerprint density at radius 1 is 1.24 bits per heavy atom. The summed E-state index contributed by atoms with van der Waals surface area (Å²) in [6, 6.07) is 6.44. The van der Waals surface area contributed by atoms with Crippen LogP contribution in [0, 0.1) is 19.8 Å². The van der Waals surface area contributed by atoms with Crippen LogP contribution in [0.5, 0.6) is 11.5 Å². The Labute approximate surface area is 127 Å². The number of aryl methyl sites for hydroxylation is 2. The molecule has 21 heavy (non-hydrogen) atoms. The Hall–Kier alpha value is -1.47. The van der Waals surface area contributed by atoms with Crippen molar-refractivity contribution in [1.29, 1.82) is 0 Å². The van der Waals surface area contributed by atoms with Crippen LogP contribution in [0.25, 0.3) is 10.8 Å². The highest BCUT2D eigenvalue weighted by Crippen LogP contribution is 2.45. The van der Waals surface area contributed by atoms with Gasteiger partial charge in [-0.1, -0.05) is 6.07 Å². The van der Waals surface area contributed by atoms with Crippen molar-refractivity contribution < 1.29 is 9.47 Å². The van der Waals surface area contributed by atoms with Gasteiger partial charge in [-0.05, 0) is 70.6 Å². The van der Waals surface area contributed by atoms with E-state index in [2.05, 4.69) is 40.0 Å². The second kappa shape index (κ2) is 4.78. The molecular weight excluding hydrogens is 281 g/mol. The summed E-state index contributed by atoms with van der Waals surface area (Å²) in [6.45, 7) is 5.79. The predicted molar refractivity (Wildman–Crippen MR) is 89.3 cm³/mol. The molecule has 1 saturated carbocycles. The average molecular weight is 301 g/mol. The van der Waals surface area contributed by atoms with Gasteiger partial charge >= 0.3 is 0 Å². The van der Waals surface area contributed by atoms with E-state index in [0.717, 1.165) is 24.0 Å². The molecule has 1 aliphatic carbocycles. The molecule has 0 aromatic heterocycles. The minimum absolute atomic E-state index is 0.323. The molecule has 2 aliphatic rings. The van der Waals surface area contributed by atoms with Gasteiger partial charge in [-0.25, -0.2) is 0 Å². The van der Waals surface area contributed by atoms with Crippen LogP contribution in [0.15, 0.2) is 18.2 Å². The molecule has 2 aromatic rings. The summed E-state index contributed by atoms with van der Waals surface area (Å²) in [5.74, 6) is 2.62. The first-order valence-corrected chi connectivity index (χ1v) is 8.01. The molecule has 0 saturated heterocycles. The van der Waals surface area contributed by atoms with Crippen LogP contribution < -0.4 is 14.1 Å². The van der Waals surface area contributed by atoms with E-state index < -0.39 is 0 Å². The highest BCUT2D eigenvalue weighted by Gasteiger charge is 2.25. The van der Waals surface area contributed by atoms with E-state index in [9.17, 15) is 0 Å². The summed E-state index contributed by atoms with van der Waals surface area (Å²) >= 11 is 0. The van der Waals surface area contributed by atoms with Gasteiger partial charge in [0, 0.05) is 17.6 Å². The summed E-state index contributed by atoms with van der Waals surface area (Å²) in [7, 11) is 2.88. The first-order chi connectivity index (χ1) is 10.1. The minimum atomic E-state index is 0.323. The Kier molecular flexibility index (Phi) is 3.00. The zero-order valence-electron chi connectivity index (χ0n) is 12.5. The third kappa shape index (κ3) is 2.15. The van der Waals surface area contributed by atoms with E-state index in [1.165, 1.54) is 40.4 Å². The molecule has 1 aliphatic heterocycles. The monoisotopic (exact) mass is 301 g/mol. The first-order valence-electron chi connectivity index (χ1n) is 7.50. The van der Waals surface area contributed by atoms with E-state index in [-0.39, 0.29) is 0 Å². The lowest BCUT2D eigenvalue weighted by atomic mass is 9.98. The lowest BCUT2D eigenvalue weighted by Gasteiger charge is -2.23. The van der Waals surface area contributed by atoms with Gasteiger partial charge in [0.05, 0.1) is 0 Å². The van der Waals surface area contributed by atoms with Gasteiger partial charge in [0.1, 0.15) is 0 Å². The van der Waals surface area contributed by atoms with Crippen molar-refractivity contribution in [3.05, 3.63) is 29.3 Å². The van der Waals surface area contributed by atoms with Crippen LogP contribution in [0.3, 0.4) is 0 Å². The van der Waals surface area contributed by atoms with Crippen molar-refractivity contribution >= 4 is 25.9 Å². The van der Waals surface area contributed by atoms with Gasteiger partial charge in [0.2, 0.25) is 6.79 Å². The topological polar surface area (TPSA) is 21.7 Å². The molecule has 1 unspecified atom stereocenters. The first kappa shape index (κ1) is 13.2. The summed E-state index contributed by atoms with van der Waals surface area (Å²) < 4.78 is 13.6. The normalized spacial score (nSPS) is 16.5. The average Bonchev–Trinajstić information content (AvgIpc) is 3.15. The quantitative estimate of drug-likeness (QED) is 0.793. The molecular formula is C17H20NO2P. The fraction of sp³-hybridized carbons (Fsp3) is 0.412. The standard InChI is InChI=1S/C17H20NO2P/c1-10-7-14(18(21)8-12-3-4-12)11(2)16-13(10)5-6-15-17(16)20-9-19-15/h5-7,12H,3-4,8-9,21H2,1-2H3. The molecule has 1 atom stereocenters. The molecule has 0 amide bonds.